The van der Waals surface area contributed by atoms with Crippen molar-refractivity contribution in [1.82, 2.24) is 19.9 Å². The number of nitriles is 1. The lowest BCUT2D eigenvalue weighted by atomic mass is 10.2. The number of imidazole rings is 1. The molecule has 0 amide bonds. The van der Waals surface area contributed by atoms with Crippen molar-refractivity contribution in [3.8, 4) is 6.07 Å². The van der Waals surface area contributed by atoms with Gasteiger partial charge in [0.15, 0.2) is 0 Å². The van der Waals surface area contributed by atoms with Crippen LogP contribution in [0.3, 0.4) is 0 Å². The van der Waals surface area contributed by atoms with Crippen LogP contribution in [-0.4, -0.2) is 19.9 Å². The van der Waals surface area contributed by atoms with Crippen LogP contribution in [0, 0.1) is 18.3 Å². The van der Waals surface area contributed by atoms with Gasteiger partial charge in [0.05, 0.1) is 23.1 Å². The number of aromatic amines is 1. The first kappa shape index (κ1) is 12.1. The van der Waals surface area contributed by atoms with Crippen molar-refractivity contribution in [3.63, 3.8) is 0 Å². The number of H-pyrrole nitrogens is 1. The van der Waals surface area contributed by atoms with Gasteiger partial charge >= 0.3 is 0 Å². The van der Waals surface area contributed by atoms with Crippen LogP contribution in [0.5, 0.6) is 0 Å². The van der Waals surface area contributed by atoms with Crippen molar-refractivity contribution in [2.75, 3.05) is 5.73 Å². The molecule has 20 heavy (non-hydrogen) atoms. The molecule has 0 bridgehead atoms. The summed E-state index contributed by atoms with van der Waals surface area (Å²) in [5.41, 5.74) is 8.55. The molecule has 98 valence electrons. The van der Waals surface area contributed by atoms with Gasteiger partial charge in [-0.2, -0.15) is 5.26 Å². The van der Waals surface area contributed by atoms with E-state index in [0.717, 1.165) is 16.9 Å². The van der Waals surface area contributed by atoms with E-state index in [-0.39, 0.29) is 5.82 Å². The molecule has 6 nitrogen and oxygen atoms in total. The number of nitrogens with zero attached hydrogens (tertiary/aromatic N) is 4. The maximum Gasteiger partial charge on any atom is 0.145 e. The predicted octanol–water partition coefficient (Wildman–Crippen LogP) is 1.71. The average molecular weight is 264 g/mol. The summed E-state index contributed by atoms with van der Waals surface area (Å²) in [6.07, 6.45) is 0.450. The normalized spacial score (nSPS) is 10.6. The molecule has 0 radical (unpaired) electrons. The van der Waals surface area contributed by atoms with Crippen LogP contribution in [0.1, 0.15) is 22.9 Å². The lowest BCUT2D eigenvalue weighted by Gasteiger charge is -2.03. The van der Waals surface area contributed by atoms with E-state index < -0.39 is 0 Å². The summed E-state index contributed by atoms with van der Waals surface area (Å²) in [6, 6.07) is 9.79. The standard InChI is InChI=1S/C14H12N6/c1-8-9(7-15)14(16)20-12(17-8)6-13-18-10-4-2-3-5-11(10)19-13/h2-5H,6H2,1H3,(H,18,19)(H2,16,17,20). The minimum atomic E-state index is 0.214. The number of nitrogens with one attached hydrogen (secondary N) is 1. The molecule has 0 aliphatic heterocycles. The zero-order valence-electron chi connectivity index (χ0n) is 10.9. The highest BCUT2D eigenvalue weighted by Crippen LogP contribution is 2.15. The lowest BCUT2D eigenvalue weighted by molar-refractivity contribution is 0.902. The second-order valence-electron chi connectivity index (χ2n) is 4.47. The Balaban J connectivity index is 1.97. The maximum atomic E-state index is 8.95. The summed E-state index contributed by atoms with van der Waals surface area (Å²) in [5.74, 6) is 1.54. The quantitative estimate of drug-likeness (QED) is 0.733. The monoisotopic (exact) mass is 264 g/mol. The Bertz CT molecular complexity index is 771. The Morgan fingerprint density at radius 3 is 2.75 bits per heavy atom. The van der Waals surface area contributed by atoms with Crippen molar-refractivity contribution in [2.45, 2.75) is 13.3 Å². The third kappa shape index (κ3) is 2.06. The van der Waals surface area contributed by atoms with Crippen molar-refractivity contribution < 1.29 is 0 Å². The third-order valence-electron chi connectivity index (χ3n) is 3.04. The molecule has 3 aromatic rings. The number of aromatic nitrogens is 4. The number of nitrogen functional groups attached to an aromatic ring is 1. The first-order valence-electron chi connectivity index (χ1n) is 6.14. The number of benzene rings is 1. The summed E-state index contributed by atoms with van der Waals surface area (Å²) in [4.78, 5) is 16.1. The predicted molar refractivity (Wildman–Crippen MR) is 74.8 cm³/mol. The third-order valence-corrected chi connectivity index (χ3v) is 3.04. The minimum absolute atomic E-state index is 0.214. The Hall–Kier alpha value is -2.94. The van der Waals surface area contributed by atoms with Crippen LogP contribution in [0.4, 0.5) is 5.82 Å². The molecule has 0 atom stereocenters. The summed E-state index contributed by atoms with van der Waals surface area (Å²) in [7, 11) is 0. The van der Waals surface area contributed by atoms with Gasteiger partial charge in [0, 0.05) is 0 Å². The minimum Gasteiger partial charge on any atom is -0.382 e. The van der Waals surface area contributed by atoms with Gasteiger partial charge in [0.1, 0.15) is 29.1 Å². The number of rotatable bonds is 2. The fourth-order valence-electron chi connectivity index (χ4n) is 2.11. The Morgan fingerprint density at radius 1 is 1.25 bits per heavy atom. The van der Waals surface area contributed by atoms with Gasteiger partial charge in [0.25, 0.3) is 0 Å². The van der Waals surface area contributed by atoms with E-state index in [1.165, 1.54) is 0 Å². The number of aryl methyl sites for hydroxylation is 1. The van der Waals surface area contributed by atoms with E-state index in [2.05, 4.69) is 19.9 Å². The van der Waals surface area contributed by atoms with E-state index in [9.17, 15) is 0 Å². The van der Waals surface area contributed by atoms with E-state index in [1.54, 1.807) is 6.92 Å². The molecule has 1 aromatic carbocycles. The van der Waals surface area contributed by atoms with Crippen LogP contribution in [0.2, 0.25) is 0 Å². The molecule has 0 saturated heterocycles. The topological polar surface area (TPSA) is 104 Å². The van der Waals surface area contributed by atoms with Gasteiger partial charge in [-0.1, -0.05) is 12.1 Å². The van der Waals surface area contributed by atoms with Gasteiger partial charge in [-0.15, -0.1) is 0 Å². The zero-order valence-corrected chi connectivity index (χ0v) is 10.9. The van der Waals surface area contributed by atoms with Gasteiger partial charge in [0.2, 0.25) is 0 Å². The molecule has 0 aliphatic carbocycles. The van der Waals surface area contributed by atoms with Crippen LogP contribution in [0.25, 0.3) is 11.0 Å². The highest BCUT2D eigenvalue weighted by molar-refractivity contribution is 5.74. The van der Waals surface area contributed by atoms with Crippen LogP contribution in [0.15, 0.2) is 24.3 Å². The summed E-state index contributed by atoms with van der Waals surface area (Å²) in [5, 5.41) is 8.95. The number of hydrogen-bond acceptors (Lipinski definition) is 5. The zero-order chi connectivity index (χ0) is 14.1. The van der Waals surface area contributed by atoms with Gasteiger partial charge in [-0.05, 0) is 19.1 Å². The number of fused-ring (bicyclic) bond motifs is 1. The molecule has 0 fully saturated rings. The average Bonchev–Trinajstić information content (AvgIpc) is 2.80. The fraction of sp³-hybridized carbons (Fsp3) is 0.143. The molecular weight excluding hydrogens is 252 g/mol. The summed E-state index contributed by atoms with van der Waals surface area (Å²) in [6.45, 7) is 1.75. The number of nitrogens with two attached hydrogens (primary N) is 1. The van der Waals surface area contributed by atoms with Crippen LogP contribution < -0.4 is 5.73 Å². The molecule has 2 aromatic heterocycles. The van der Waals surface area contributed by atoms with E-state index in [1.807, 2.05) is 30.3 Å². The van der Waals surface area contributed by atoms with E-state index in [0.29, 0.717) is 23.5 Å². The Labute approximate surface area is 115 Å². The smallest absolute Gasteiger partial charge is 0.145 e. The first-order valence-corrected chi connectivity index (χ1v) is 6.14. The molecule has 0 saturated carbocycles. The second kappa shape index (κ2) is 4.63. The number of anilines is 1. The van der Waals surface area contributed by atoms with Crippen LogP contribution in [-0.2, 0) is 6.42 Å². The molecule has 3 rings (SSSR count). The molecule has 3 N–H and O–H groups in total. The first-order chi connectivity index (χ1) is 9.67. The Morgan fingerprint density at radius 2 is 2.05 bits per heavy atom. The van der Waals surface area contributed by atoms with Crippen molar-refractivity contribution in [3.05, 3.63) is 47.2 Å². The van der Waals surface area contributed by atoms with Crippen LogP contribution >= 0.6 is 0 Å². The number of hydrogen-bond donors (Lipinski definition) is 2. The lowest BCUT2D eigenvalue weighted by Crippen LogP contribution is -2.06. The highest BCUT2D eigenvalue weighted by atomic mass is 15.0. The van der Waals surface area contributed by atoms with E-state index >= 15 is 0 Å². The SMILES string of the molecule is Cc1nc(Cc2nc3ccccc3[nH]2)nc(N)c1C#N. The Kier molecular flexibility index (Phi) is 2.80. The van der Waals surface area contributed by atoms with Gasteiger partial charge < -0.3 is 10.7 Å². The highest BCUT2D eigenvalue weighted by Gasteiger charge is 2.11. The van der Waals surface area contributed by atoms with Crippen molar-refractivity contribution >= 4 is 16.9 Å². The molecule has 6 heteroatoms. The molecule has 2 heterocycles. The second-order valence-corrected chi connectivity index (χ2v) is 4.47. The molecule has 0 spiro atoms. The van der Waals surface area contributed by atoms with Crippen molar-refractivity contribution in [1.29, 1.82) is 5.26 Å². The molecule has 0 unspecified atom stereocenters. The summed E-state index contributed by atoms with van der Waals surface area (Å²) >= 11 is 0. The largest absolute Gasteiger partial charge is 0.382 e. The molecule has 0 aliphatic rings. The fourth-order valence-corrected chi connectivity index (χ4v) is 2.11. The van der Waals surface area contributed by atoms with Gasteiger partial charge in [-0.25, -0.2) is 15.0 Å². The number of para-hydroxylation sites is 2. The van der Waals surface area contributed by atoms with Gasteiger partial charge in [-0.3, -0.25) is 0 Å². The van der Waals surface area contributed by atoms with E-state index in [4.69, 9.17) is 11.0 Å². The molecular formula is C14H12N6. The maximum absolute atomic E-state index is 8.95. The summed E-state index contributed by atoms with van der Waals surface area (Å²) < 4.78 is 0. The van der Waals surface area contributed by atoms with Crippen molar-refractivity contribution in [2.24, 2.45) is 0 Å².